The van der Waals surface area contributed by atoms with E-state index in [0.29, 0.717) is 66.3 Å². The SMILES string of the molecule is Cc1c(OC2CCC([C@@H](C)CCN3CCN(c4ccc5c([C@@H]6CCC(=O)NC6=O)nn(C)c5c4)CC3)CC2)cccc1-c1ccc(N2CCc3cccc(C(=O)Nc4nc5ccccc5s4)c3C2)nc1C(=O)O. The molecular formula is C57H61N9O6S. The second-order valence-corrected chi connectivity index (χ2v) is 21.3. The zero-order valence-corrected chi connectivity index (χ0v) is 42.4. The zero-order valence-electron chi connectivity index (χ0n) is 41.6. The number of fused-ring (bicyclic) bond motifs is 3. The van der Waals surface area contributed by atoms with Crippen molar-refractivity contribution < 1.29 is 29.0 Å². The van der Waals surface area contributed by atoms with Gasteiger partial charge in [-0.2, -0.15) is 5.10 Å². The standard InChI is InChI=1S/C57H61N9O6S/c1-34(24-26-64-28-30-65(31-29-64)38-16-19-43-47(32-38)63(3)62-52(43)44-21-23-51(67)60-55(44)69)36-14-17-39(18-15-36)72-48-12-7-9-40(35(48)2)41-20-22-50(59-53(41)56(70)71)66-27-25-37-8-6-10-42(45(37)33-66)54(68)61-57-58-46-11-4-5-13-49(46)73-57/h4-13,16,19-20,22,32,34,36,39,44H,14-15,17-18,21,23-31,33H2,1-3H3,(H,70,71)(H,58,61,68)(H,60,67,69)/t34-,36?,39?,44-/m0/s1. The molecular weight excluding hydrogens is 939 g/mol. The summed E-state index contributed by atoms with van der Waals surface area (Å²) in [6, 6.07) is 29.6. The van der Waals surface area contributed by atoms with Gasteiger partial charge >= 0.3 is 5.97 Å². The number of benzene rings is 4. The third-order valence-electron chi connectivity index (χ3n) is 15.9. The van der Waals surface area contributed by atoms with Crippen molar-refractivity contribution in [2.75, 3.05) is 54.4 Å². The van der Waals surface area contributed by atoms with Crippen LogP contribution in [0.3, 0.4) is 0 Å². The van der Waals surface area contributed by atoms with Crippen molar-refractivity contribution in [3.63, 3.8) is 0 Å². The van der Waals surface area contributed by atoms with Crippen molar-refractivity contribution in [1.82, 2.24) is 30.0 Å². The second-order valence-electron chi connectivity index (χ2n) is 20.3. The van der Waals surface area contributed by atoms with Crippen LogP contribution in [0.15, 0.2) is 91.0 Å². The maximum atomic E-state index is 13.7. The summed E-state index contributed by atoms with van der Waals surface area (Å²) in [4.78, 5) is 67.4. The van der Waals surface area contributed by atoms with E-state index >= 15 is 0 Å². The molecule has 0 unspecified atom stereocenters. The number of ether oxygens (including phenoxy) is 1. The number of aromatic carboxylic acids is 1. The molecule has 0 bridgehead atoms. The highest BCUT2D eigenvalue weighted by Gasteiger charge is 2.33. The van der Waals surface area contributed by atoms with Crippen LogP contribution in [-0.2, 0) is 29.6 Å². The van der Waals surface area contributed by atoms with Crippen LogP contribution in [0.25, 0.3) is 32.2 Å². The highest BCUT2D eigenvalue weighted by molar-refractivity contribution is 7.22. The van der Waals surface area contributed by atoms with E-state index in [1.54, 1.807) is 0 Å². The predicted molar refractivity (Wildman–Crippen MR) is 285 cm³/mol. The lowest BCUT2D eigenvalue weighted by molar-refractivity contribution is -0.134. The first kappa shape index (κ1) is 48.1. The molecule has 3 amide bonds. The molecule has 11 rings (SSSR count). The van der Waals surface area contributed by atoms with Crippen LogP contribution >= 0.6 is 11.3 Å². The van der Waals surface area contributed by atoms with E-state index in [9.17, 15) is 24.3 Å². The molecule has 16 heteroatoms. The molecule has 4 aromatic carbocycles. The normalized spacial score (nSPS) is 20.0. The fraction of sp³-hybridized carbons (Fsp3) is 0.386. The number of imide groups is 1. The maximum absolute atomic E-state index is 13.7. The Labute approximate surface area is 428 Å². The molecule has 2 atom stereocenters. The number of nitrogens with zero attached hydrogens (tertiary/aromatic N) is 7. The minimum atomic E-state index is -1.10. The molecule has 0 spiro atoms. The fourth-order valence-electron chi connectivity index (χ4n) is 11.6. The zero-order chi connectivity index (χ0) is 50.3. The molecule has 7 aromatic rings. The first-order valence-corrected chi connectivity index (χ1v) is 26.6. The number of carboxylic acids is 1. The lowest BCUT2D eigenvalue weighted by atomic mass is 9.78. The Morgan fingerprint density at radius 1 is 0.863 bits per heavy atom. The lowest BCUT2D eigenvalue weighted by Crippen LogP contribution is -2.47. The molecule has 376 valence electrons. The summed E-state index contributed by atoms with van der Waals surface area (Å²) in [5.41, 5.74) is 8.49. The van der Waals surface area contributed by atoms with Crippen molar-refractivity contribution in [2.45, 2.75) is 83.8 Å². The van der Waals surface area contributed by atoms with E-state index in [2.05, 4.69) is 55.4 Å². The second kappa shape index (κ2) is 20.4. The van der Waals surface area contributed by atoms with Crippen LogP contribution in [0, 0.1) is 18.8 Å². The number of pyridine rings is 1. The summed E-state index contributed by atoms with van der Waals surface area (Å²) < 4.78 is 9.58. The van der Waals surface area contributed by atoms with Crippen LogP contribution in [-0.4, -0.2) is 98.8 Å². The topological polar surface area (TPSA) is 175 Å². The average Bonchev–Trinajstić information content (AvgIpc) is 3.97. The van der Waals surface area contributed by atoms with E-state index in [-0.39, 0.29) is 29.5 Å². The number of anilines is 3. The van der Waals surface area contributed by atoms with Crippen molar-refractivity contribution >= 4 is 72.8 Å². The molecule has 6 heterocycles. The Balaban J connectivity index is 0.673. The third-order valence-corrected chi connectivity index (χ3v) is 16.9. The van der Waals surface area contributed by atoms with Gasteiger partial charge in [-0.25, -0.2) is 14.8 Å². The highest BCUT2D eigenvalue weighted by atomic mass is 32.1. The Kier molecular flexibility index (Phi) is 13.4. The fourth-order valence-corrected chi connectivity index (χ4v) is 12.5. The van der Waals surface area contributed by atoms with Gasteiger partial charge < -0.3 is 19.6 Å². The van der Waals surface area contributed by atoms with Gasteiger partial charge in [-0.05, 0) is 147 Å². The van der Waals surface area contributed by atoms with Crippen molar-refractivity contribution in [1.29, 1.82) is 0 Å². The van der Waals surface area contributed by atoms with Crippen LogP contribution in [0.1, 0.15) is 101 Å². The van der Waals surface area contributed by atoms with Gasteiger partial charge in [0.25, 0.3) is 5.91 Å². The molecule has 3 aromatic heterocycles. The van der Waals surface area contributed by atoms with Gasteiger partial charge in [-0.3, -0.25) is 34.6 Å². The molecule has 1 aliphatic carbocycles. The number of rotatable bonds is 13. The number of aromatic nitrogens is 4. The summed E-state index contributed by atoms with van der Waals surface area (Å²) in [5, 5.41) is 22.3. The molecule has 15 nitrogen and oxygen atoms in total. The monoisotopic (exact) mass is 999 g/mol. The van der Waals surface area contributed by atoms with E-state index in [1.165, 1.54) is 11.3 Å². The number of carboxylic acid groups (broad SMARTS) is 1. The first-order chi connectivity index (χ1) is 35.4. The maximum Gasteiger partial charge on any atom is 0.355 e. The molecule has 1 saturated carbocycles. The predicted octanol–water partition coefficient (Wildman–Crippen LogP) is 9.37. The number of amides is 3. The van der Waals surface area contributed by atoms with Crippen LogP contribution in [0.2, 0.25) is 0 Å². The number of aryl methyl sites for hydroxylation is 1. The van der Waals surface area contributed by atoms with Gasteiger partial charge in [-0.15, -0.1) is 0 Å². The largest absolute Gasteiger partial charge is 0.490 e. The van der Waals surface area contributed by atoms with Gasteiger partial charge in [0.15, 0.2) is 10.8 Å². The molecule has 73 heavy (non-hydrogen) atoms. The quantitative estimate of drug-likeness (QED) is 0.0936. The number of hydrogen-bond acceptors (Lipinski definition) is 12. The smallest absolute Gasteiger partial charge is 0.355 e. The number of carbonyl (C=O) groups is 4. The van der Waals surface area contributed by atoms with Crippen LogP contribution < -0.4 is 25.2 Å². The molecule has 0 radical (unpaired) electrons. The molecule has 3 fully saturated rings. The molecule has 3 aliphatic heterocycles. The van der Waals surface area contributed by atoms with Crippen molar-refractivity contribution in [3.05, 3.63) is 125 Å². The van der Waals surface area contributed by atoms with Gasteiger partial charge in [0.2, 0.25) is 11.8 Å². The molecule has 3 N–H and O–H groups in total. The Morgan fingerprint density at radius 3 is 2.47 bits per heavy atom. The number of carbonyl (C=O) groups excluding carboxylic acids is 3. The van der Waals surface area contributed by atoms with E-state index in [0.717, 1.165) is 125 Å². The number of piperidine rings is 1. The Morgan fingerprint density at radius 2 is 1.67 bits per heavy atom. The van der Waals surface area contributed by atoms with Gasteiger partial charge in [0.05, 0.1) is 33.4 Å². The van der Waals surface area contributed by atoms with Crippen molar-refractivity contribution in [2.24, 2.45) is 18.9 Å². The molecule has 2 saturated heterocycles. The number of para-hydroxylation sites is 1. The van der Waals surface area contributed by atoms with Gasteiger partial charge in [0.1, 0.15) is 11.6 Å². The highest BCUT2D eigenvalue weighted by Crippen LogP contribution is 2.39. The Hall–Kier alpha value is -7.17. The van der Waals surface area contributed by atoms with Crippen molar-refractivity contribution in [3.8, 4) is 16.9 Å². The van der Waals surface area contributed by atoms with Gasteiger partial charge in [0, 0.05) is 74.9 Å². The number of nitrogens with one attached hydrogen (secondary N) is 2. The minimum Gasteiger partial charge on any atom is -0.490 e. The first-order valence-electron chi connectivity index (χ1n) is 25.8. The van der Waals surface area contributed by atoms with Gasteiger partial charge in [-0.1, -0.05) is 54.7 Å². The van der Waals surface area contributed by atoms with Crippen LogP contribution in [0.5, 0.6) is 5.75 Å². The summed E-state index contributed by atoms with van der Waals surface area (Å²) in [6.45, 7) is 10.5. The van der Waals surface area contributed by atoms with E-state index in [1.807, 2.05) is 91.4 Å². The van der Waals surface area contributed by atoms with E-state index in [4.69, 9.17) is 14.8 Å². The summed E-state index contributed by atoms with van der Waals surface area (Å²) in [7, 11) is 1.92. The number of piperazine rings is 1. The summed E-state index contributed by atoms with van der Waals surface area (Å²) >= 11 is 1.44. The number of hydrogen-bond donors (Lipinski definition) is 3. The number of thiazole rings is 1. The lowest BCUT2D eigenvalue weighted by Gasteiger charge is -2.37. The van der Waals surface area contributed by atoms with E-state index < -0.39 is 11.9 Å². The summed E-state index contributed by atoms with van der Waals surface area (Å²) in [5.74, 6) is 0.356. The average molecular weight is 1000 g/mol. The minimum absolute atomic E-state index is 0.0205. The third kappa shape index (κ3) is 9.89. The Bertz CT molecular complexity index is 3230. The summed E-state index contributed by atoms with van der Waals surface area (Å²) in [6.07, 6.45) is 6.95. The molecule has 4 aliphatic rings. The van der Waals surface area contributed by atoms with Crippen LogP contribution in [0.4, 0.5) is 16.6 Å².